The molecule has 0 N–H and O–H groups in total. The van der Waals surface area contributed by atoms with Crippen molar-refractivity contribution in [3.05, 3.63) is 70.3 Å². The fourth-order valence-corrected chi connectivity index (χ4v) is 3.51. The average Bonchev–Trinajstić information content (AvgIpc) is 3.01. The molecule has 4 rings (SSSR count). The number of hydrogen-bond donors (Lipinski definition) is 0. The Morgan fingerprint density at radius 1 is 1.00 bits per heavy atom. The molecule has 0 saturated heterocycles. The van der Waals surface area contributed by atoms with Crippen LogP contribution in [0.25, 0.3) is 28.0 Å². The molecule has 0 aliphatic heterocycles. The minimum absolute atomic E-state index is 0.0111. The van der Waals surface area contributed by atoms with Crippen LogP contribution in [0.15, 0.2) is 54.6 Å². The van der Waals surface area contributed by atoms with E-state index in [0.717, 1.165) is 28.1 Å². The smallest absolute Gasteiger partial charge is 0.218 e. The van der Waals surface area contributed by atoms with E-state index < -0.39 is 0 Å². The fourth-order valence-electron chi connectivity index (χ4n) is 3.15. The molecule has 2 aromatic heterocycles. The summed E-state index contributed by atoms with van der Waals surface area (Å²) in [7, 11) is 0. The summed E-state index contributed by atoms with van der Waals surface area (Å²) in [5.41, 5.74) is 5.01. The molecular formula is C22H19Cl2N3O. The van der Waals surface area contributed by atoms with Gasteiger partial charge in [0.25, 0.3) is 0 Å². The van der Waals surface area contributed by atoms with Crippen molar-refractivity contribution in [2.45, 2.75) is 26.9 Å². The number of fused-ring (bicyclic) bond motifs is 1. The lowest BCUT2D eigenvalue weighted by molar-refractivity contribution is 0.226. The minimum atomic E-state index is 0.0111. The van der Waals surface area contributed by atoms with Crippen LogP contribution in [0.1, 0.15) is 19.5 Å². The van der Waals surface area contributed by atoms with Crippen molar-refractivity contribution >= 4 is 28.8 Å². The maximum absolute atomic E-state index is 6.50. The average molecular weight is 412 g/mol. The third-order valence-corrected chi connectivity index (χ3v) is 4.88. The lowest BCUT2D eigenvalue weighted by Gasteiger charge is -2.11. The molecule has 0 aliphatic rings. The lowest BCUT2D eigenvalue weighted by atomic mass is 10.0. The first-order chi connectivity index (χ1) is 13.4. The van der Waals surface area contributed by atoms with E-state index >= 15 is 0 Å². The highest BCUT2D eigenvalue weighted by Crippen LogP contribution is 2.39. The second-order valence-electron chi connectivity index (χ2n) is 6.85. The lowest BCUT2D eigenvalue weighted by Crippen LogP contribution is -2.10. The summed E-state index contributed by atoms with van der Waals surface area (Å²) >= 11 is 12.6. The summed E-state index contributed by atoms with van der Waals surface area (Å²) in [5, 5.41) is 6.15. The number of rotatable bonds is 4. The van der Waals surface area contributed by atoms with Crippen LogP contribution in [0.2, 0.25) is 10.0 Å². The number of nitrogens with zero attached hydrogens (tertiary/aromatic N) is 3. The maximum Gasteiger partial charge on any atom is 0.218 e. The van der Waals surface area contributed by atoms with Crippen LogP contribution in [0.3, 0.4) is 0 Å². The van der Waals surface area contributed by atoms with Gasteiger partial charge in [-0.15, -0.1) is 0 Å². The van der Waals surface area contributed by atoms with Crippen molar-refractivity contribution in [2.75, 3.05) is 0 Å². The van der Waals surface area contributed by atoms with Gasteiger partial charge in [-0.1, -0.05) is 53.5 Å². The molecule has 28 heavy (non-hydrogen) atoms. The number of halogens is 2. The standard InChI is InChI=1S/C22H19Cl2N3O/c1-13(2)28-19-12-14(3)25-22-20(15-8-10-16(23)11-9-15)21(26-27(19)22)17-6-4-5-7-18(17)24/h4-13H,1-3H3. The van der Waals surface area contributed by atoms with Gasteiger partial charge in [-0.3, -0.25) is 0 Å². The summed E-state index contributed by atoms with van der Waals surface area (Å²) < 4.78 is 7.75. The van der Waals surface area contributed by atoms with E-state index in [9.17, 15) is 0 Å². The highest BCUT2D eigenvalue weighted by Gasteiger charge is 2.22. The van der Waals surface area contributed by atoms with Gasteiger partial charge in [-0.25, -0.2) is 4.98 Å². The van der Waals surface area contributed by atoms with Gasteiger partial charge in [-0.2, -0.15) is 9.61 Å². The van der Waals surface area contributed by atoms with Crippen LogP contribution >= 0.6 is 23.2 Å². The van der Waals surface area contributed by atoms with Crippen LogP contribution < -0.4 is 4.74 Å². The van der Waals surface area contributed by atoms with Crippen molar-refractivity contribution in [3.8, 4) is 28.3 Å². The topological polar surface area (TPSA) is 39.4 Å². The first-order valence-corrected chi connectivity index (χ1v) is 9.77. The Balaban J connectivity index is 2.08. The van der Waals surface area contributed by atoms with Gasteiger partial charge in [0, 0.05) is 22.3 Å². The van der Waals surface area contributed by atoms with E-state index in [-0.39, 0.29) is 6.10 Å². The molecular weight excluding hydrogens is 393 g/mol. The summed E-state index contributed by atoms with van der Waals surface area (Å²) in [5.74, 6) is 0.644. The van der Waals surface area contributed by atoms with Crippen molar-refractivity contribution < 1.29 is 4.74 Å². The number of ether oxygens (including phenoxy) is 1. The SMILES string of the molecule is Cc1cc(OC(C)C)n2nc(-c3ccccc3Cl)c(-c3ccc(Cl)cc3)c2n1. The van der Waals surface area contributed by atoms with Crippen molar-refractivity contribution in [1.82, 2.24) is 14.6 Å². The first kappa shape index (κ1) is 18.8. The van der Waals surface area contributed by atoms with Gasteiger partial charge in [0.05, 0.1) is 16.7 Å². The Kier molecular flexibility index (Phi) is 5.00. The predicted octanol–water partition coefficient (Wildman–Crippen LogP) is 6.47. The molecule has 6 heteroatoms. The number of hydrogen-bond acceptors (Lipinski definition) is 3. The number of aryl methyl sites for hydroxylation is 1. The Bertz CT molecular complexity index is 1150. The van der Waals surface area contributed by atoms with Gasteiger partial charge in [0.1, 0.15) is 5.69 Å². The zero-order chi connectivity index (χ0) is 19.8. The summed E-state index contributed by atoms with van der Waals surface area (Å²) in [6, 6.07) is 17.2. The zero-order valence-corrected chi connectivity index (χ0v) is 17.3. The monoisotopic (exact) mass is 411 g/mol. The molecule has 4 aromatic rings. The Morgan fingerprint density at radius 3 is 2.39 bits per heavy atom. The van der Waals surface area contributed by atoms with Gasteiger partial charge in [0.2, 0.25) is 5.88 Å². The molecule has 2 aromatic carbocycles. The maximum atomic E-state index is 6.50. The Labute approximate surface area is 173 Å². The van der Waals surface area contributed by atoms with E-state index in [2.05, 4.69) is 0 Å². The molecule has 0 spiro atoms. The highest BCUT2D eigenvalue weighted by atomic mass is 35.5. The van der Waals surface area contributed by atoms with Gasteiger partial charge >= 0.3 is 0 Å². The predicted molar refractivity (Wildman–Crippen MR) is 114 cm³/mol. The molecule has 2 heterocycles. The van der Waals surface area contributed by atoms with Crippen molar-refractivity contribution in [3.63, 3.8) is 0 Å². The van der Waals surface area contributed by atoms with Crippen molar-refractivity contribution in [2.24, 2.45) is 0 Å². The summed E-state index contributed by atoms with van der Waals surface area (Å²) in [4.78, 5) is 4.76. The Hall–Kier alpha value is -2.56. The third-order valence-electron chi connectivity index (χ3n) is 4.30. The minimum Gasteiger partial charge on any atom is -0.475 e. The van der Waals surface area contributed by atoms with Crippen LogP contribution in [0.4, 0.5) is 0 Å². The zero-order valence-electron chi connectivity index (χ0n) is 15.8. The van der Waals surface area contributed by atoms with Crippen LogP contribution in [-0.2, 0) is 0 Å². The second kappa shape index (κ2) is 7.46. The number of aromatic nitrogens is 3. The summed E-state index contributed by atoms with van der Waals surface area (Å²) in [6.45, 7) is 5.92. The normalized spacial score (nSPS) is 11.4. The molecule has 0 saturated carbocycles. The number of benzene rings is 2. The molecule has 142 valence electrons. The third kappa shape index (κ3) is 3.46. The molecule has 0 bridgehead atoms. The van der Waals surface area contributed by atoms with Crippen LogP contribution in [0.5, 0.6) is 5.88 Å². The van der Waals surface area contributed by atoms with E-state index in [4.69, 9.17) is 38.0 Å². The molecule has 0 aliphatic carbocycles. The quantitative estimate of drug-likeness (QED) is 0.386. The van der Waals surface area contributed by atoms with E-state index in [0.29, 0.717) is 21.6 Å². The van der Waals surface area contributed by atoms with E-state index in [1.165, 1.54) is 0 Å². The fraction of sp³-hybridized carbons (Fsp3) is 0.182. The van der Waals surface area contributed by atoms with Gasteiger partial charge in [0.15, 0.2) is 5.65 Å². The largest absolute Gasteiger partial charge is 0.475 e. The molecule has 0 unspecified atom stereocenters. The van der Waals surface area contributed by atoms with E-state index in [1.54, 1.807) is 4.52 Å². The van der Waals surface area contributed by atoms with Gasteiger partial charge in [-0.05, 0) is 44.5 Å². The highest BCUT2D eigenvalue weighted by molar-refractivity contribution is 6.33. The van der Waals surface area contributed by atoms with Crippen LogP contribution in [-0.4, -0.2) is 20.7 Å². The first-order valence-electron chi connectivity index (χ1n) is 9.02. The molecule has 4 nitrogen and oxygen atoms in total. The van der Waals surface area contributed by atoms with Crippen LogP contribution in [0, 0.1) is 6.92 Å². The molecule has 0 amide bonds. The van der Waals surface area contributed by atoms with E-state index in [1.807, 2.05) is 75.4 Å². The Morgan fingerprint density at radius 2 is 1.71 bits per heavy atom. The van der Waals surface area contributed by atoms with Gasteiger partial charge < -0.3 is 4.74 Å². The second-order valence-corrected chi connectivity index (χ2v) is 7.69. The summed E-state index contributed by atoms with van der Waals surface area (Å²) in [6.07, 6.45) is 0.0111. The molecule has 0 atom stereocenters. The van der Waals surface area contributed by atoms with Crippen molar-refractivity contribution in [1.29, 1.82) is 0 Å². The molecule has 0 fully saturated rings. The molecule has 0 radical (unpaired) electrons.